The molecule has 0 spiro atoms. The molecule has 0 aliphatic rings. The normalized spacial score (nSPS) is 11.8. The predicted octanol–water partition coefficient (Wildman–Crippen LogP) is 6.60. The zero-order valence-corrected chi connectivity index (χ0v) is 22.1. The monoisotopic (exact) mass is 530 g/mol. The number of halogens is 3. The number of hydrogen-bond donors (Lipinski definition) is 1. The number of amides is 2. The smallest absolute Gasteiger partial charge is 0.243 e. The molecule has 0 aliphatic carbocycles. The van der Waals surface area contributed by atoms with E-state index in [-0.39, 0.29) is 30.7 Å². The molecule has 3 aromatic rings. The van der Waals surface area contributed by atoms with E-state index < -0.39 is 6.04 Å². The number of hydrogen-bond acceptors (Lipinski definition) is 2. The van der Waals surface area contributed by atoms with Gasteiger partial charge in [0.2, 0.25) is 11.8 Å². The molecule has 0 saturated heterocycles. The fraction of sp³-hybridized carbons (Fsp3) is 0.286. The molecule has 35 heavy (non-hydrogen) atoms. The van der Waals surface area contributed by atoms with Gasteiger partial charge in [0.1, 0.15) is 6.04 Å². The van der Waals surface area contributed by atoms with Gasteiger partial charge in [-0.2, -0.15) is 0 Å². The number of carbonyl (C=O) groups is 2. The first kappa shape index (κ1) is 27.1. The highest BCUT2D eigenvalue weighted by Gasteiger charge is 2.31. The van der Waals surface area contributed by atoms with Gasteiger partial charge in [-0.15, -0.1) is 0 Å². The van der Waals surface area contributed by atoms with E-state index in [1.54, 1.807) is 35.2 Å². The first-order valence-corrected chi connectivity index (χ1v) is 12.7. The van der Waals surface area contributed by atoms with Crippen LogP contribution in [0.1, 0.15) is 30.5 Å². The van der Waals surface area contributed by atoms with Gasteiger partial charge < -0.3 is 10.2 Å². The van der Waals surface area contributed by atoms with Gasteiger partial charge in [0.25, 0.3) is 0 Å². The van der Waals surface area contributed by atoms with Gasteiger partial charge in [0, 0.05) is 34.6 Å². The van der Waals surface area contributed by atoms with E-state index in [1.165, 1.54) is 0 Å². The number of carbonyl (C=O) groups excluding carboxylic acids is 2. The summed E-state index contributed by atoms with van der Waals surface area (Å²) in [4.78, 5) is 28.8. The Hall–Kier alpha value is -2.53. The van der Waals surface area contributed by atoms with Gasteiger partial charge in [-0.3, -0.25) is 9.59 Å². The minimum absolute atomic E-state index is 0.0260. The Balaban J connectivity index is 2.00. The third-order valence-corrected chi connectivity index (χ3v) is 6.53. The summed E-state index contributed by atoms with van der Waals surface area (Å²) in [5.74, 6) is -0.181. The summed E-state index contributed by atoms with van der Waals surface area (Å²) < 4.78 is 0. The molecule has 184 valence electrons. The highest BCUT2D eigenvalue weighted by molar-refractivity contribution is 6.36. The number of rotatable bonds is 10. The molecule has 1 unspecified atom stereocenters. The van der Waals surface area contributed by atoms with Gasteiger partial charge >= 0.3 is 0 Å². The summed E-state index contributed by atoms with van der Waals surface area (Å²) >= 11 is 18.9. The Morgan fingerprint density at radius 1 is 0.857 bits per heavy atom. The summed E-state index contributed by atoms with van der Waals surface area (Å²) in [6, 6.07) is 21.4. The molecule has 1 atom stereocenters. The van der Waals surface area contributed by atoms with Gasteiger partial charge in [-0.1, -0.05) is 97.2 Å². The van der Waals surface area contributed by atoms with Crippen LogP contribution in [-0.4, -0.2) is 29.3 Å². The number of nitrogens with one attached hydrogen (secondary N) is 1. The Bertz CT molecular complexity index is 1130. The van der Waals surface area contributed by atoms with E-state index in [4.69, 9.17) is 34.8 Å². The molecular weight excluding hydrogens is 503 g/mol. The summed E-state index contributed by atoms with van der Waals surface area (Å²) in [6.07, 6.45) is 0.342. The molecule has 3 rings (SSSR count). The molecule has 7 heteroatoms. The third-order valence-electron chi connectivity index (χ3n) is 5.59. The number of benzene rings is 3. The van der Waals surface area contributed by atoms with Crippen LogP contribution in [0.5, 0.6) is 0 Å². The lowest BCUT2D eigenvalue weighted by Crippen LogP contribution is -2.51. The second-order valence-corrected chi connectivity index (χ2v) is 10.1. The maximum absolute atomic E-state index is 13.8. The quantitative estimate of drug-likeness (QED) is 0.320. The second-order valence-electron chi connectivity index (χ2n) is 8.87. The van der Waals surface area contributed by atoms with Gasteiger partial charge in [0.15, 0.2) is 0 Å². The van der Waals surface area contributed by atoms with Crippen LogP contribution in [0.3, 0.4) is 0 Å². The lowest BCUT2D eigenvalue weighted by atomic mass is 10.0. The molecule has 0 bridgehead atoms. The molecule has 0 radical (unpaired) electrons. The van der Waals surface area contributed by atoms with Crippen LogP contribution in [-0.2, 0) is 29.0 Å². The van der Waals surface area contributed by atoms with E-state index in [2.05, 4.69) is 5.32 Å². The van der Waals surface area contributed by atoms with Crippen molar-refractivity contribution in [3.8, 4) is 0 Å². The van der Waals surface area contributed by atoms with E-state index in [0.29, 0.717) is 33.6 Å². The van der Waals surface area contributed by atoms with E-state index in [1.807, 2.05) is 56.3 Å². The molecule has 0 aromatic heterocycles. The van der Waals surface area contributed by atoms with Gasteiger partial charge in [-0.05, 0) is 46.9 Å². The Labute approximate surface area is 222 Å². The first-order valence-electron chi connectivity index (χ1n) is 11.5. The molecule has 1 N–H and O–H groups in total. The van der Waals surface area contributed by atoms with Crippen molar-refractivity contribution < 1.29 is 9.59 Å². The highest BCUT2D eigenvalue weighted by atomic mass is 35.5. The maximum atomic E-state index is 13.8. The maximum Gasteiger partial charge on any atom is 0.243 e. The summed E-state index contributed by atoms with van der Waals surface area (Å²) in [5.41, 5.74) is 2.32. The topological polar surface area (TPSA) is 49.4 Å². The Morgan fingerprint density at radius 3 is 2.11 bits per heavy atom. The van der Waals surface area contributed by atoms with Crippen LogP contribution >= 0.6 is 34.8 Å². The van der Waals surface area contributed by atoms with Gasteiger partial charge in [0.05, 0.1) is 6.42 Å². The third kappa shape index (κ3) is 7.99. The largest absolute Gasteiger partial charge is 0.354 e. The van der Waals surface area contributed by atoms with Crippen molar-refractivity contribution in [2.45, 2.75) is 39.3 Å². The molecule has 0 aliphatic heterocycles. The fourth-order valence-corrected chi connectivity index (χ4v) is 4.51. The van der Waals surface area contributed by atoms with Crippen LogP contribution < -0.4 is 5.32 Å². The van der Waals surface area contributed by atoms with Crippen molar-refractivity contribution in [3.05, 3.63) is 105 Å². The lowest BCUT2D eigenvalue weighted by Gasteiger charge is -2.32. The molecule has 2 amide bonds. The van der Waals surface area contributed by atoms with E-state index in [0.717, 1.165) is 11.1 Å². The second kappa shape index (κ2) is 13.0. The van der Waals surface area contributed by atoms with Crippen LogP contribution in [0.2, 0.25) is 15.1 Å². The zero-order chi connectivity index (χ0) is 25.4. The van der Waals surface area contributed by atoms with E-state index in [9.17, 15) is 9.59 Å². The van der Waals surface area contributed by atoms with Crippen LogP contribution in [0, 0.1) is 5.92 Å². The van der Waals surface area contributed by atoms with Crippen LogP contribution in [0.4, 0.5) is 0 Å². The Morgan fingerprint density at radius 2 is 1.49 bits per heavy atom. The van der Waals surface area contributed by atoms with Crippen molar-refractivity contribution in [2.24, 2.45) is 5.92 Å². The van der Waals surface area contributed by atoms with Crippen molar-refractivity contribution in [1.82, 2.24) is 10.2 Å². The lowest BCUT2D eigenvalue weighted by molar-refractivity contribution is -0.140. The highest BCUT2D eigenvalue weighted by Crippen LogP contribution is 2.26. The minimum Gasteiger partial charge on any atom is -0.354 e. The molecule has 0 saturated carbocycles. The molecular formula is C28H29Cl3N2O2. The SMILES string of the molecule is CC(C)CNC(=O)C(Cc1ccccc1)N(Cc1cccc(Cl)c1)C(=O)Cc1c(Cl)cccc1Cl. The van der Waals surface area contributed by atoms with Crippen LogP contribution in [0.15, 0.2) is 72.8 Å². The number of nitrogens with zero attached hydrogens (tertiary/aromatic N) is 1. The summed E-state index contributed by atoms with van der Waals surface area (Å²) in [7, 11) is 0. The standard InChI is InChI=1S/C28H29Cl3N2O2/c1-19(2)17-32-28(35)26(15-20-8-4-3-5-9-20)33(18-21-10-6-11-22(29)14-21)27(34)16-23-24(30)12-7-13-25(23)31/h3-14,19,26H,15-18H2,1-2H3,(H,32,35). The predicted molar refractivity (Wildman–Crippen MR) is 144 cm³/mol. The molecule has 0 fully saturated rings. The van der Waals surface area contributed by atoms with Crippen molar-refractivity contribution in [3.63, 3.8) is 0 Å². The van der Waals surface area contributed by atoms with E-state index >= 15 is 0 Å². The fourth-order valence-electron chi connectivity index (χ4n) is 3.76. The van der Waals surface area contributed by atoms with Gasteiger partial charge in [-0.25, -0.2) is 0 Å². The first-order chi connectivity index (χ1) is 16.7. The van der Waals surface area contributed by atoms with Crippen molar-refractivity contribution >= 4 is 46.6 Å². The summed E-state index contributed by atoms with van der Waals surface area (Å²) in [5, 5.41) is 4.40. The van der Waals surface area contributed by atoms with Crippen molar-refractivity contribution in [1.29, 1.82) is 0 Å². The van der Waals surface area contributed by atoms with Crippen LogP contribution in [0.25, 0.3) is 0 Å². The average molecular weight is 532 g/mol. The molecule has 0 heterocycles. The Kier molecular flexibility index (Phi) is 10.0. The average Bonchev–Trinajstić information content (AvgIpc) is 2.82. The minimum atomic E-state index is -0.733. The van der Waals surface area contributed by atoms with Crippen molar-refractivity contribution in [2.75, 3.05) is 6.54 Å². The molecule has 3 aromatic carbocycles. The zero-order valence-electron chi connectivity index (χ0n) is 19.8. The molecule has 4 nitrogen and oxygen atoms in total. The summed E-state index contributed by atoms with van der Waals surface area (Å²) in [6.45, 7) is 4.79.